The smallest absolute Gasteiger partial charge is 0.254 e. The fourth-order valence-corrected chi connectivity index (χ4v) is 2.82. The lowest BCUT2D eigenvalue weighted by Crippen LogP contribution is -2.32. The van der Waals surface area contributed by atoms with Gasteiger partial charge >= 0.3 is 0 Å². The zero-order valence-corrected chi connectivity index (χ0v) is 14.9. The second-order valence-electron chi connectivity index (χ2n) is 7.04. The van der Waals surface area contributed by atoms with Crippen LogP contribution in [0.5, 0.6) is 0 Å². The summed E-state index contributed by atoms with van der Waals surface area (Å²) in [7, 11) is 1.81. The van der Waals surface area contributed by atoms with Crippen LogP contribution in [0.3, 0.4) is 0 Å². The maximum atomic E-state index is 12.9. The molecule has 122 valence electrons. The molecule has 0 aliphatic carbocycles. The number of rotatable bonds is 6. The molecule has 0 aliphatic rings. The van der Waals surface area contributed by atoms with E-state index in [0.29, 0.717) is 23.6 Å². The van der Waals surface area contributed by atoms with Gasteiger partial charge in [-0.25, -0.2) is 0 Å². The molecule has 1 aromatic rings. The summed E-state index contributed by atoms with van der Waals surface area (Å²) in [5.74, 6) is 0.751. The van der Waals surface area contributed by atoms with E-state index in [-0.39, 0.29) is 17.7 Å². The van der Waals surface area contributed by atoms with Crippen LogP contribution in [0.15, 0.2) is 12.1 Å². The van der Waals surface area contributed by atoms with E-state index < -0.39 is 0 Å². The molecule has 22 heavy (non-hydrogen) atoms. The first kappa shape index (κ1) is 18.4. The molecule has 0 unspecified atom stereocenters. The van der Waals surface area contributed by atoms with Crippen molar-refractivity contribution >= 4 is 12.2 Å². The third kappa shape index (κ3) is 3.96. The lowest BCUT2D eigenvalue weighted by atomic mass is 9.86. The quantitative estimate of drug-likeness (QED) is 0.727. The average molecular weight is 303 g/mol. The van der Waals surface area contributed by atoms with E-state index in [9.17, 15) is 9.59 Å². The first-order chi connectivity index (χ1) is 10.2. The lowest BCUT2D eigenvalue weighted by Gasteiger charge is -2.24. The standard InChI is InChI=1S/C19H29NO2/c1-12(2)10-20(7)19(22)18-16(14(5)6)9-8-15(13(3)4)17(18)11-21/h8-9,11-14H,10H2,1-7H3. The topological polar surface area (TPSA) is 37.4 Å². The van der Waals surface area contributed by atoms with E-state index in [1.54, 1.807) is 4.90 Å². The minimum absolute atomic E-state index is 0.0537. The van der Waals surface area contributed by atoms with Crippen molar-refractivity contribution in [1.82, 2.24) is 4.90 Å². The lowest BCUT2D eigenvalue weighted by molar-refractivity contribution is 0.0774. The molecule has 3 heteroatoms. The van der Waals surface area contributed by atoms with E-state index in [1.807, 2.05) is 33.0 Å². The average Bonchev–Trinajstić information content (AvgIpc) is 2.43. The first-order valence-electron chi connectivity index (χ1n) is 8.08. The summed E-state index contributed by atoms with van der Waals surface area (Å²) in [5, 5.41) is 0. The second kappa shape index (κ2) is 7.57. The number of nitrogens with zero attached hydrogens (tertiary/aromatic N) is 1. The summed E-state index contributed by atoms with van der Waals surface area (Å²) in [6.45, 7) is 13.0. The zero-order valence-electron chi connectivity index (χ0n) is 14.9. The molecule has 0 bridgehead atoms. The predicted molar refractivity (Wildman–Crippen MR) is 91.8 cm³/mol. The van der Waals surface area contributed by atoms with Crippen molar-refractivity contribution in [2.75, 3.05) is 13.6 Å². The van der Waals surface area contributed by atoms with Gasteiger partial charge in [-0.2, -0.15) is 0 Å². The Labute approximate surface area is 134 Å². The van der Waals surface area contributed by atoms with Gasteiger partial charge in [-0.1, -0.05) is 53.7 Å². The highest BCUT2D eigenvalue weighted by molar-refractivity contribution is 6.03. The van der Waals surface area contributed by atoms with Crippen molar-refractivity contribution in [3.05, 3.63) is 34.4 Å². The normalized spacial score (nSPS) is 11.4. The van der Waals surface area contributed by atoms with Gasteiger partial charge in [0.05, 0.1) is 5.56 Å². The minimum atomic E-state index is -0.0537. The van der Waals surface area contributed by atoms with Crippen LogP contribution in [0.2, 0.25) is 0 Å². The van der Waals surface area contributed by atoms with Gasteiger partial charge < -0.3 is 4.90 Å². The molecule has 0 N–H and O–H groups in total. The van der Waals surface area contributed by atoms with E-state index in [2.05, 4.69) is 27.7 Å². The molecule has 1 aromatic carbocycles. The van der Waals surface area contributed by atoms with Gasteiger partial charge in [-0.05, 0) is 28.9 Å². The monoisotopic (exact) mass is 303 g/mol. The largest absolute Gasteiger partial charge is 0.341 e. The maximum Gasteiger partial charge on any atom is 0.254 e. The van der Waals surface area contributed by atoms with E-state index >= 15 is 0 Å². The summed E-state index contributed by atoms with van der Waals surface area (Å²) in [6.07, 6.45) is 0.845. The molecular weight excluding hydrogens is 274 g/mol. The first-order valence-corrected chi connectivity index (χ1v) is 8.08. The van der Waals surface area contributed by atoms with Crippen LogP contribution in [-0.2, 0) is 0 Å². The fourth-order valence-electron chi connectivity index (χ4n) is 2.82. The Bertz CT molecular complexity index is 545. The van der Waals surface area contributed by atoms with Gasteiger partial charge in [-0.3, -0.25) is 9.59 Å². The Morgan fingerprint density at radius 1 is 1.05 bits per heavy atom. The van der Waals surface area contributed by atoms with Crippen LogP contribution in [0.25, 0.3) is 0 Å². The molecule has 0 radical (unpaired) electrons. The third-order valence-electron chi connectivity index (χ3n) is 3.87. The van der Waals surface area contributed by atoms with Crippen molar-refractivity contribution in [3.63, 3.8) is 0 Å². The molecule has 1 rings (SSSR count). The van der Waals surface area contributed by atoms with E-state index in [0.717, 1.165) is 17.4 Å². The van der Waals surface area contributed by atoms with Crippen LogP contribution in [-0.4, -0.2) is 30.7 Å². The zero-order chi connectivity index (χ0) is 17.0. The van der Waals surface area contributed by atoms with Crippen LogP contribution < -0.4 is 0 Å². The van der Waals surface area contributed by atoms with E-state index in [1.165, 1.54) is 0 Å². The van der Waals surface area contributed by atoms with Gasteiger partial charge in [0.2, 0.25) is 0 Å². The Morgan fingerprint density at radius 2 is 1.55 bits per heavy atom. The number of hydrogen-bond donors (Lipinski definition) is 0. The summed E-state index contributed by atoms with van der Waals surface area (Å²) in [5.41, 5.74) is 3.04. The van der Waals surface area contributed by atoms with Gasteiger partial charge in [0.25, 0.3) is 5.91 Å². The van der Waals surface area contributed by atoms with Crippen LogP contribution in [0.1, 0.15) is 85.2 Å². The Morgan fingerprint density at radius 3 is 1.95 bits per heavy atom. The summed E-state index contributed by atoms with van der Waals surface area (Å²) < 4.78 is 0. The SMILES string of the molecule is CC(C)CN(C)C(=O)c1c(C(C)C)ccc(C(C)C)c1C=O. The molecule has 0 aliphatic heterocycles. The second-order valence-corrected chi connectivity index (χ2v) is 7.04. The molecule has 0 spiro atoms. The molecule has 1 amide bonds. The van der Waals surface area contributed by atoms with E-state index in [4.69, 9.17) is 0 Å². The van der Waals surface area contributed by atoms with Gasteiger partial charge in [0, 0.05) is 19.2 Å². The van der Waals surface area contributed by atoms with Crippen molar-refractivity contribution in [3.8, 4) is 0 Å². The highest BCUT2D eigenvalue weighted by atomic mass is 16.2. The van der Waals surface area contributed by atoms with Crippen molar-refractivity contribution < 1.29 is 9.59 Å². The molecule has 0 aromatic heterocycles. The van der Waals surface area contributed by atoms with Crippen LogP contribution in [0, 0.1) is 5.92 Å². The highest BCUT2D eigenvalue weighted by Gasteiger charge is 2.24. The van der Waals surface area contributed by atoms with Gasteiger partial charge in [-0.15, -0.1) is 0 Å². The van der Waals surface area contributed by atoms with Gasteiger partial charge in [0.15, 0.2) is 6.29 Å². The Kier molecular flexibility index (Phi) is 6.34. The maximum absolute atomic E-state index is 12.9. The van der Waals surface area contributed by atoms with Crippen LogP contribution in [0.4, 0.5) is 0 Å². The Hall–Kier alpha value is -1.64. The van der Waals surface area contributed by atoms with Gasteiger partial charge in [0.1, 0.15) is 0 Å². The summed E-state index contributed by atoms with van der Waals surface area (Å²) >= 11 is 0. The number of carbonyl (C=O) groups is 2. The van der Waals surface area contributed by atoms with Crippen molar-refractivity contribution in [1.29, 1.82) is 0 Å². The number of benzene rings is 1. The van der Waals surface area contributed by atoms with Crippen LogP contribution >= 0.6 is 0 Å². The fraction of sp³-hybridized carbons (Fsp3) is 0.579. The highest BCUT2D eigenvalue weighted by Crippen LogP contribution is 2.29. The molecule has 0 atom stereocenters. The summed E-state index contributed by atoms with van der Waals surface area (Å²) in [4.78, 5) is 26.4. The Balaban J connectivity index is 3.49. The number of aldehydes is 1. The molecule has 0 saturated carbocycles. The summed E-state index contributed by atoms with van der Waals surface area (Å²) in [6, 6.07) is 3.99. The predicted octanol–water partition coefficient (Wildman–Crippen LogP) is 4.47. The molecular formula is C19H29NO2. The third-order valence-corrected chi connectivity index (χ3v) is 3.87. The number of carbonyl (C=O) groups excluding carboxylic acids is 2. The molecule has 0 fully saturated rings. The van der Waals surface area contributed by atoms with Crippen molar-refractivity contribution in [2.24, 2.45) is 5.92 Å². The molecule has 0 saturated heterocycles. The molecule has 0 heterocycles. The van der Waals surface area contributed by atoms with Crippen molar-refractivity contribution in [2.45, 2.75) is 53.4 Å². The number of hydrogen-bond acceptors (Lipinski definition) is 2. The minimum Gasteiger partial charge on any atom is -0.341 e. The number of amides is 1. The molecule has 3 nitrogen and oxygen atoms in total.